The smallest absolute Gasteiger partial charge is 0.0541 e. The van der Waals surface area contributed by atoms with Crippen LogP contribution in [0.1, 0.15) is 5.69 Å². The first-order valence-corrected chi connectivity index (χ1v) is 3.31. The van der Waals surface area contributed by atoms with E-state index in [1.807, 2.05) is 25.2 Å². The Balaban J connectivity index is 0.000000461. The van der Waals surface area contributed by atoms with Crippen molar-refractivity contribution in [3.63, 3.8) is 0 Å². The van der Waals surface area contributed by atoms with Gasteiger partial charge in [0.05, 0.1) is 5.69 Å². The minimum atomic E-state index is 0.848. The minimum absolute atomic E-state index is 0.848. The number of nitrogens with one attached hydrogen (secondary N) is 1. The van der Waals surface area contributed by atoms with Crippen LogP contribution < -0.4 is 5.32 Å². The molecule has 0 bridgehead atoms. The van der Waals surface area contributed by atoms with E-state index < -0.39 is 0 Å². The third-order valence-corrected chi connectivity index (χ3v) is 1.08. The third kappa shape index (κ3) is 4.12. The molecule has 2 nitrogen and oxygen atoms in total. The molecule has 0 radical (unpaired) electrons. The highest BCUT2D eigenvalue weighted by molar-refractivity contribution is 5.02. The van der Waals surface area contributed by atoms with Crippen molar-refractivity contribution in [3.05, 3.63) is 30.1 Å². The van der Waals surface area contributed by atoms with Crippen LogP contribution in [0.5, 0.6) is 0 Å². The van der Waals surface area contributed by atoms with E-state index in [9.17, 15) is 0 Å². The number of terminal acetylenes is 1. The number of aromatic nitrogens is 1. The van der Waals surface area contributed by atoms with Crippen LogP contribution in [0.15, 0.2) is 24.4 Å². The highest BCUT2D eigenvalue weighted by Gasteiger charge is 1.85. The summed E-state index contributed by atoms with van der Waals surface area (Å²) in [5.74, 6) is 0. The number of hydrogen-bond donors (Lipinski definition) is 1. The van der Waals surface area contributed by atoms with Gasteiger partial charge in [0.15, 0.2) is 0 Å². The van der Waals surface area contributed by atoms with Crippen LogP contribution in [0.3, 0.4) is 0 Å². The van der Waals surface area contributed by atoms with Gasteiger partial charge < -0.3 is 5.32 Å². The van der Waals surface area contributed by atoms with E-state index in [0.29, 0.717) is 0 Å². The topological polar surface area (TPSA) is 24.9 Å². The lowest BCUT2D eigenvalue weighted by Gasteiger charge is -1.94. The molecular formula is C9H12N2. The first-order valence-electron chi connectivity index (χ1n) is 3.31. The fourth-order valence-corrected chi connectivity index (χ4v) is 0.684. The second-order valence-corrected chi connectivity index (χ2v) is 1.85. The van der Waals surface area contributed by atoms with Crippen molar-refractivity contribution >= 4 is 0 Å². The highest BCUT2D eigenvalue weighted by atomic mass is 14.8. The maximum absolute atomic E-state index is 4.11. The lowest BCUT2D eigenvalue weighted by molar-refractivity contribution is 0.791. The van der Waals surface area contributed by atoms with Crippen molar-refractivity contribution in [2.75, 3.05) is 7.05 Å². The van der Waals surface area contributed by atoms with Crippen LogP contribution >= 0.6 is 0 Å². The molecule has 1 aromatic heterocycles. The summed E-state index contributed by atoms with van der Waals surface area (Å²) in [7, 11) is 1.91. The Morgan fingerprint density at radius 1 is 1.45 bits per heavy atom. The second kappa shape index (κ2) is 6.79. The molecule has 1 heterocycles. The Hall–Kier alpha value is -1.33. The molecular weight excluding hydrogens is 136 g/mol. The van der Waals surface area contributed by atoms with E-state index in [2.05, 4.69) is 23.1 Å². The molecule has 1 aromatic rings. The van der Waals surface area contributed by atoms with Gasteiger partial charge in [0.1, 0.15) is 0 Å². The summed E-state index contributed by atoms with van der Waals surface area (Å²) in [6.45, 7) is 0.848. The van der Waals surface area contributed by atoms with E-state index in [4.69, 9.17) is 0 Å². The highest BCUT2D eigenvalue weighted by Crippen LogP contribution is 1.89. The van der Waals surface area contributed by atoms with Crippen molar-refractivity contribution in [3.8, 4) is 12.8 Å². The zero-order valence-corrected chi connectivity index (χ0v) is 6.62. The van der Waals surface area contributed by atoms with Gasteiger partial charge in [0.25, 0.3) is 0 Å². The summed E-state index contributed by atoms with van der Waals surface area (Å²) in [4.78, 5) is 4.11. The molecule has 1 rings (SSSR count). The largest absolute Gasteiger partial charge is 0.314 e. The quantitative estimate of drug-likeness (QED) is 0.634. The number of nitrogens with zero attached hydrogens (tertiary/aromatic N) is 1. The van der Waals surface area contributed by atoms with Crippen LogP contribution in [-0.2, 0) is 6.54 Å². The average molecular weight is 148 g/mol. The zero-order chi connectivity index (χ0) is 8.53. The fraction of sp³-hybridized carbons (Fsp3) is 0.222. The van der Waals surface area contributed by atoms with Gasteiger partial charge in [0.2, 0.25) is 0 Å². The minimum Gasteiger partial charge on any atom is -0.314 e. The van der Waals surface area contributed by atoms with Crippen LogP contribution in [0, 0.1) is 12.8 Å². The fourth-order valence-electron chi connectivity index (χ4n) is 0.684. The van der Waals surface area contributed by atoms with Gasteiger partial charge in [-0.1, -0.05) is 6.07 Å². The van der Waals surface area contributed by atoms with Gasteiger partial charge in [-0.2, -0.15) is 0 Å². The lowest BCUT2D eigenvalue weighted by atomic mass is 10.3. The molecule has 0 amide bonds. The molecule has 11 heavy (non-hydrogen) atoms. The summed E-state index contributed by atoms with van der Waals surface area (Å²) in [5, 5.41) is 3.02. The molecule has 0 fully saturated rings. The van der Waals surface area contributed by atoms with Crippen LogP contribution in [0.4, 0.5) is 0 Å². The molecule has 0 aliphatic heterocycles. The molecule has 0 aromatic carbocycles. The zero-order valence-electron chi connectivity index (χ0n) is 6.62. The van der Waals surface area contributed by atoms with Crippen molar-refractivity contribution in [2.24, 2.45) is 0 Å². The Bertz CT molecular complexity index is 191. The summed E-state index contributed by atoms with van der Waals surface area (Å²) >= 11 is 0. The van der Waals surface area contributed by atoms with Gasteiger partial charge in [0, 0.05) is 12.7 Å². The van der Waals surface area contributed by atoms with Crippen molar-refractivity contribution < 1.29 is 0 Å². The Kier molecular flexibility index (Phi) is 5.96. The van der Waals surface area contributed by atoms with Gasteiger partial charge in [-0.3, -0.25) is 4.98 Å². The molecule has 0 atom stereocenters. The van der Waals surface area contributed by atoms with Crippen LogP contribution in [0.25, 0.3) is 0 Å². The molecule has 2 heteroatoms. The van der Waals surface area contributed by atoms with Crippen LogP contribution in [-0.4, -0.2) is 12.0 Å². The monoisotopic (exact) mass is 148 g/mol. The number of hydrogen-bond acceptors (Lipinski definition) is 2. The second-order valence-electron chi connectivity index (χ2n) is 1.85. The SMILES string of the molecule is C#C.CNCc1ccccn1. The molecule has 0 saturated carbocycles. The number of pyridine rings is 1. The normalized spacial score (nSPS) is 7.91. The molecule has 1 N–H and O–H groups in total. The van der Waals surface area contributed by atoms with Crippen molar-refractivity contribution in [2.45, 2.75) is 6.54 Å². The Labute approximate surface area is 67.7 Å². The molecule has 0 aliphatic rings. The maximum atomic E-state index is 4.11. The summed E-state index contributed by atoms with van der Waals surface area (Å²) in [6, 6.07) is 5.90. The summed E-state index contributed by atoms with van der Waals surface area (Å²) in [6.07, 6.45) is 9.80. The van der Waals surface area contributed by atoms with Gasteiger partial charge in [-0.25, -0.2) is 0 Å². The van der Waals surface area contributed by atoms with Crippen LogP contribution in [0.2, 0.25) is 0 Å². The number of rotatable bonds is 2. The first-order chi connectivity index (χ1) is 5.43. The summed E-state index contributed by atoms with van der Waals surface area (Å²) in [5.41, 5.74) is 1.08. The van der Waals surface area contributed by atoms with Gasteiger partial charge in [-0.15, -0.1) is 12.8 Å². The van der Waals surface area contributed by atoms with E-state index in [0.717, 1.165) is 12.2 Å². The lowest BCUT2D eigenvalue weighted by Crippen LogP contribution is -2.05. The molecule has 0 unspecified atom stereocenters. The van der Waals surface area contributed by atoms with Gasteiger partial charge in [-0.05, 0) is 19.2 Å². The first kappa shape index (κ1) is 9.67. The van der Waals surface area contributed by atoms with E-state index in [-0.39, 0.29) is 0 Å². The van der Waals surface area contributed by atoms with E-state index in [1.165, 1.54) is 0 Å². The Morgan fingerprint density at radius 3 is 2.64 bits per heavy atom. The molecule has 0 aliphatic carbocycles. The van der Waals surface area contributed by atoms with Crippen molar-refractivity contribution in [1.82, 2.24) is 10.3 Å². The predicted molar refractivity (Wildman–Crippen MR) is 46.9 cm³/mol. The predicted octanol–water partition coefficient (Wildman–Crippen LogP) is 1.05. The average Bonchev–Trinajstić information content (AvgIpc) is 2.11. The molecule has 58 valence electrons. The molecule has 0 saturated heterocycles. The van der Waals surface area contributed by atoms with Gasteiger partial charge >= 0.3 is 0 Å². The Morgan fingerprint density at radius 2 is 2.18 bits per heavy atom. The summed E-state index contributed by atoms with van der Waals surface area (Å²) < 4.78 is 0. The van der Waals surface area contributed by atoms with Crippen molar-refractivity contribution in [1.29, 1.82) is 0 Å². The van der Waals surface area contributed by atoms with E-state index in [1.54, 1.807) is 6.20 Å². The maximum Gasteiger partial charge on any atom is 0.0541 e. The molecule has 0 spiro atoms. The third-order valence-electron chi connectivity index (χ3n) is 1.08. The standard InChI is InChI=1S/C7H10N2.C2H2/c1-8-6-7-4-2-3-5-9-7;1-2/h2-5,8H,6H2,1H3;1-2H. The van der Waals surface area contributed by atoms with E-state index >= 15 is 0 Å².